The zero-order chi connectivity index (χ0) is 17.4. The van der Waals surface area contributed by atoms with Crippen LogP contribution >= 0.6 is 0 Å². The minimum atomic E-state index is 0.309. The minimum Gasteiger partial charge on any atom is -0.378 e. The maximum absolute atomic E-state index is 5.84. The van der Waals surface area contributed by atoms with Gasteiger partial charge in [-0.3, -0.25) is 9.89 Å². The fraction of sp³-hybridized carbons (Fsp3) is 0.842. The van der Waals surface area contributed by atoms with Gasteiger partial charge in [-0.1, -0.05) is 26.0 Å². The number of nitrogens with zero attached hydrogens (tertiary/aromatic N) is 3. The van der Waals surface area contributed by atoms with Crippen LogP contribution in [-0.2, 0) is 4.74 Å². The third kappa shape index (κ3) is 5.49. The molecule has 2 heterocycles. The van der Waals surface area contributed by atoms with Crippen molar-refractivity contribution in [1.29, 1.82) is 0 Å². The molecule has 0 aliphatic carbocycles. The van der Waals surface area contributed by atoms with Crippen molar-refractivity contribution < 1.29 is 4.74 Å². The highest BCUT2D eigenvalue weighted by Gasteiger charge is 2.29. The monoisotopic (exact) mass is 336 g/mol. The average molecular weight is 337 g/mol. The number of guanidine groups is 1. The fourth-order valence-electron chi connectivity index (χ4n) is 3.57. The van der Waals surface area contributed by atoms with E-state index in [0.29, 0.717) is 18.1 Å². The van der Waals surface area contributed by atoms with Gasteiger partial charge in [-0.15, -0.1) is 0 Å². The normalized spacial score (nSPS) is 23.5. The molecule has 1 N–H and O–H groups in total. The number of hydrogen-bond acceptors (Lipinski definition) is 3. The molecule has 2 aliphatic rings. The summed E-state index contributed by atoms with van der Waals surface area (Å²) in [6.07, 6.45) is 7.10. The quantitative estimate of drug-likeness (QED) is 0.420. The van der Waals surface area contributed by atoms with Gasteiger partial charge in [0.1, 0.15) is 0 Å². The Morgan fingerprint density at radius 2 is 2.04 bits per heavy atom. The lowest BCUT2D eigenvalue weighted by Gasteiger charge is -2.26. The second-order valence-corrected chi connectivity index (χ2v) is 7.08. The van der Waals surface area contributed by atoms with Gasteiger partial charge in [0.2, 0.25) is 0 Å². The molecule has 0 saturated carbocycles. The summed E-state index contributed by atoms with van der Waals surface area (Å²) in [7, 11) is 0. The molecule has 0 amide bonds. The topological polar surface area (TPSA) is 40.1 Å². The molecule has 0 bridgehead atoms. The summed E-state index contributed by atoms with van der Waals surface area (Å²) in [6.45, 7) is 15.6. The van der Waals surface area contributed by atoms with Crippen molar-refractivity contribution in [3.05, 3.63) is 12.2 Å². The molecule has 2 unspecified atom stereocenters. The van der Waals surface area contributed by atoms with Crippen molar-refractivity contribution in [2.45, 2.75) is 52.7 Å². The SMILES string of the molecule is CCNC(=NCCC(OCC)C(C)C)N1CCC(N2CC=CC2)C1. The van der Waals surface area contributed by atoms with E-state index in [1.54, 1.807) is 0 Å². The molecule has 5 nitrogen and oxygen atoms in total. The summed E-state index contributed by atoms with van der Waals surface area (Å²) in [5.74, 6) is 1.62. The Morgan fingerprint density at radius 1 is 1.29 bits per heavy atom. The van der Waals surface area contributed by atoms with Crippen LogP contribution in [0.1, 0.15) is 40.5 Å². The highest BCUT2D eigenvalue weighted by atomic mass is 16.5. The Morgan fingerprint density at radius 3 is 2.67 bits per heavy atom. The second-order valence-electron chi connectivity index (χ2n) is 7.08. The van der Waals surface area contributed by atoms with Crippen molar-refractivity contribution in [2.75, 3.05) is 45.9 Å². The van der Waals surface area contributed by atoms with Crippen LogP contribution in [0.2, 0.25) is 0 Å². The molecule has 0 radical (unpaired) electrons. The van der Waals surface area contributed by atoms with Crippen molar-refractivity contribution in [2.24, 2.45) is 10.9 Å². The molecular weight excluding hydrogens is 300 g/mol. The first kappa shape index (κ1) is 19.3. The van der Waals surface area contributed by atoms with Crippen LogP contribution in [0, 0.1) is 5.92 Å². The Bertz CT molecular complexity index is 414. The molecule has 1 saturated heterocycles. The van der Waals surface area contributed by atoms with E-state index in [-0.39, 0.29) is 0 Å². The van der Waals surface area contributed by atoms with Gasteiger partial charge < -0.3 is 15.0 Å². The maximum Gasteiger partial charge on any atom is 0.193 e. The maximum atomic E-state index is 5.84. The Hall–Kier alpha value is -1.07. The van der Waals surface area contributed by atoms with E-state index in [0.717, 1.165) is 58.3 Å². The zero-order valence-electron chi connectivity index (χ0n) is 16.0. The molecule has 138 valence electrons. The number of likely N-dealkylation sites (tertiary alicyclic amines) is 1. The molecule has 1 fully saturated rings. The molecule has 2 rings (SSSR count). The number of hydrogen-bond donors (Lipinski definition) is 1. The fourth-order valence-corrected chi connectivity index (χ4v) is 3.57. The lowest BCUT2D eigenvalue weighted by atomic mass is 10.0. The van der Waals surface area contributed by atoms with E-state index in [1.165, 1.54) is 6.42 Å². The summed E-state index contributed by atoms with van der Waals surface area (Å²) in [5, 5.41) is 3.47. The molecule has 0 aromatic carbocycles. The standard InChI is InChI=1S/C19H36N4O/c1-5-20-19(21-11-9-18(16(3)4)24-6-2)23-14-10-17(15-23)22-12-7-8-13-22/h7-8,16-18H,5-6,9-15H2,1-4H3,(H,20,21). The number of aliphatic imine (C=N–C) groups is 1. The van der Waals surface area contributed by atoms with Gasteiger partial charge in [0.25, 0.3) is 0 Å². The summed E-state index contributed by atoms with van der Waals surface area (Å²) in [6, 6.07) is 0.663. The van der Waals surface area contributed by atoms with Crippen LogP contribution in [0.3, 0.4) is 0 Å². The van der Waals surface area contributed by atoms with Crippen molar-refractivity contribution in [1.82, 2.24) is 15.1 Å². The van der Waals surface area contributed by atoms with Crippen LogP contribution in [0.4, 0.5) is 0 Å². The molecule has 2 aliphatic heterocycles. The second kappa shape index (κ2) is 10.0. The van der Waals surface area contributed by atoms with Gasteiger partial charge >= 0.3 is 0 Å². The van der Waals surface area contributed by atoms with Gasteiger partial charge in [0, 0.05) is 51.9 Å². The summed E-state index contributed by atoms with van der Waals surface area (Å²) in [4.78, 5) is 9.87. The summed E-state index contributed by atoms with van der Waals surface area (Å²) < 4.78 is 5.84. The lowest BCUT2D eigenvalue weighted by molar-refractivity contribution is 0.0266. The van der Waals surface area contributed by atoms with E-state index in [9.17, 15) is 0 Å². The Kier molecular flexibility index (Phi) is 8.06. The van der Waals surface area contributed by atoms with Gasteiger partial charge in [0.15, 0.2) is 5.96 Å². The largest absolute Gasteiger partial charge is 0.378 e. The molecule has 2 atom stereocenters. The predicted octanol–water partition coefficient (Wildman–Crippen LogP) is 2.35. The number of ether oxygens (including phenoxy) is 1. The van der Waals surface area contributed by atoms with E-state index in [1.807, 2.05) is 0 Å². The van der Waals surface area contributed by atoms with Crippen molar-refractivity contribution >= 4 is 5.96 Å². The van der Waals surface area contributed by atoms with E-state index >= 15 is 0 Å². The Labute approximate surface area is 148 Å². The van der Waals surface area contributed by atoms with Gasteiger partial charge in [-0.2, -0.15) is 0 Å². The van der Waals surface area contributed by atoms with Gasteiger partial charge in [0.05, 0.1) is 6.10 Å². The summed E-state index contributed by atoms with van der Waals surface area (Å²) >= 11 is 0. The first-order chi connectivity index (χ1) is 11.7. The third-order valence-electron chi connectivity index (χ3n) is 4.96. The summed E-state index contributed by atoms with van der Waals surface area (Å²) in [5.41, 5.74) is 0. The van der Waals surface area contributed by atoms with Gasteiger partial charge in [-0.05, 0) is 32.6 Å². The van der Waals surface area contributed by atoms with Crippen LogP contribution in [0.25, 0.3) is 0 Å². The molecular formula is C19H36N4O. The smallest absolute Gasteiger partial charge is 0.193 e. The van der Waals surface area contributed by atoms with Crippen LogP contribution in [-0.4, -0.2) is 73.8 Å². The lowest BCUT2D eigenvalue weighted by Crippen LogP contribution is -2.43. The van der Waals surface area contributed by atoms with Crippen molar-refractivity contribution in [3.8, 4) is 0 Å². The molecule has 5 heteroatoms. The highest BCUT2D eigenvalue weighted by Crippen LogP contribution is 2.18. The average Bonchev–Trinajstić information content (AvgIpc) is 3.23. The minimum absolute atomic E-state index is 0.309. The van der Waals surface area contributed by atoms with E-state index in [4.69, 9.17) is 9.73 Å². The first-order valence-electron chi connectivity index (χ1n) is 9.69. The molecule has 0 aromatic heterocycles. The van der Waals surface area contributed by atoms with E-state index in [2.05, 4.69) is 55.0 Å². The molecule has 0 aromatic rings. The Balaban J connectivity index is 1.86. The van der Waals surface area contributed by atoms with Crippen LogP contribution < -0.4 is 5.32 Å². The van der Waals surface area contributed by atoms with Crippen LogP contribution in [0.15, 0.2) is 17.1 Å². The highest BCUT2D eigenvalue weighted by molar-refractivity contribution is 5.80. The predicted molar refractivity (Wildman–Crippen MR) is 102 cm³/mol. The van der Waals surface area contributed by atoms with Gasteiger partial charge in [-0.25, -0.2) is 0 Å². The number of nitrogens with one attached hydrogen (secondary N) is 1. The number of rotatable bonds is 8. The zero-order valence-corrected chi connectivity index (χ0v) is 16.0. The van der Waals surface area contributed by atoms with E-state index < -0.39 is 0 Å². The third-order valence-corrected chi connectivity index (χ3v) is 4.96. The molecule has 0 spiro atoms. The van der Waals surface area contributed by atoms with Crippen molar-refractivity contribution in [3.63, 3.8) is 0 Å². The van der Waals surface area contributed by atoms with Crippen LogP contribution in [0.5, 0.6) is 0 Å². The first-order valence-corrected chi connectivity index (χ1v) is 9.69. The molecule has 24 heavy (non-hydrogen) atoms.